The Morgan fingerprint density at radius 2 is 1.94 bits per heavy atom. The Kier molecular flexibility index (Phi) is 6.08. The molecule has 1 atom stereocenters. The third-order valence-corrected chi connectivity index (χ3v) is 5.46. The summed E-state index contributed by atoms with van der Waals surface area (Å²) in [6.45, 7) is 1.40. The third kappa shape index (κ3) is 4.64. The Labute approximate surface area is 181 Å². The van der Waals surface area contributed by atoms with Crippen molar-refractivity contribution >= 4 is 17.4 Å². The highest BCUT2D eigenvalue weighted by molar-refractivity contribution is 5.94. The molecule has 0 spiro atoms. The molecule has 1 aliphatic heterocycles. The fourth-order valence-corrected chi connectivity index (χ4v) is 3.73. The van der Waals surface area contributed by atoms with Gasteiger partial charge in [-0.15, -0.1) is 10.2 Å². The maximum absolute atomic E-state index is 12.8. The topological polar surface area (TPSA) is 91.1 Å². The number of aromatic nitrogens is 2. The Balaban J connectivity index is 1.43. The van der Waals surface area contributed by atoms with Gasteiger partial charge in [0.25, 0.3) is 0 Å². The summed E-state index contributed by atoms with van der Waals surface area (Å²) in [5.41, 5.74) is 2.76. The van der Waals surface area contributed by atoms with E-state index in [1.54, 1.807) is 25.3 Å². The predicted molar refractivity (Wildman–Crippen MR) is 119 cm³/mol. The number of ether oxygens (including phenoxy) is 1. The highest BCUT2D eigenvalue weighted by atomic mass is 16.5. The van der Waals surface area contributed by atoms with Crippen LogP contribution < -0.4 is 15.0 Å². The number of benzene rings is 2. The van der Waals surface area contributed by atoms with Gasteiger partial charge in [-0.2, -0.15) is 5.26 Å². The molecule has 3 aromatic rings. The summed E-state index contributed by atoms with van der Waals surface area (Å²) < 4.78 is 5.19. The van der Waals surface area contributed by atoms with Gasteiger partial charge in [-0.3, -0.25) is 4.79 Å². The van der Waals surface area contributed by atoms with E-state index in [2.05, 4.69) is 26.5 Å². The van der Waals surface area contributed by atoms with E-state index in [1.165, 1.54) is 0 Å². The number of para-hydroxylation sites is 1. The quantitative estimate of drug-likeness (QED) is 0.683. The van der Waals surface area contributed by atoms with Gasteiger partial charge in [-0.1, -0.05) is 12.1 Å². The molecule has 1 N–H and O–H groups in total. The van der Waals surface area contributed by atoms with E-state index in [0.29, 0.717) is 17.8 Å². The summed E-state index contributed by atoms with van der Waals surface area (Å²) in [7, 11) is 1.64. The number of hydrogen-bond donors (Lipinski definition) is 1. The first-order chi connectivity index (χ1) is 15.2. The SMILES string of the molecule is COc1ccc(-c2ccc(N3CCCC(C(=O)Nc4ccccc4C#N)C3)nn2)cc1. The molecule has 0 radical (unpaired) electrons. The van der Waals surface area contributed by atoms with Gasteiger partial charge in [0.05, 0.1) is 30.0 Å². The number of nitrogens with zero attached hydrogens (tertiary/aromatic N) is 4. The van der Waals surface area contributed by atoms with E-state index in [4.69, 9.17) is 4.74 Å². The average Bonchev–Trinajstić information content (AvgIpc) is 2.84. The van der Waals surface area contributed by atoms with Crippen molar-refractivity contribution in [3.63, 3.8) is 0 Å². The van der Waals surface area contributed by atoms with Gasteiger partial charge in [0, 0.05) is 18.7 Å². The lowest BCUT2D eigenvalue weighted by Crippen LogP contribution is -2.41. The maximum atomic E-state index is 12.8. The highest BCUT2D eigenvalue weighted by Crippen LogP contribution is 2.25. The van der Waals surface area contributed by atoms with Crippen LogP contribution in [0.25, 0.3) is 11.3 Å². The first kappa shape index (κ1) is 20.4. The van der Waals surface area contributed by atoms with Crippen LogP contribution in [-0.4, -0.2) is 36.3 Å². The number of carbonyl (C=O) groups is 1. The van der Waals surface area contributed by atoms with Crippen molar-refractivity contribution < 1.29 is 9.53 Å². The summed E-state index contributed by atoms with van der Waals surface area (Å²) in [6, 6.07) is 20.7. The van der Waals surface area contributed by atoms with E-state index < -0.39 is 0 Å². The molecule has 1 saturated heterocycles. The molecule has 156 valence electrons. The normalized spacial score (nSPS) is 15.7. The van der Waals surface area contributed by atoms with Crippen LogP contribution in [0.1, 0.15) is 18.4 Å². The van der Waals surface area contributed by atoms with E-state index >= 15 is 0 Å². The smallest absolute Gasteiger partial charge is 0.229 e. The standard InChI is InChI=1S/C24H23N5O2/c1-31-20-10-8-17(9-11-20)22-12-13-23(28-27-22)29-14-4-6-19(16-29)24(30)26-21-7-3-2-5-18(21)15-25/h2-3,5,7-13,19H,4,6,14,16H2,1H3,(H,26,30). The van der Waals surface area contributed by atoms with Crippen LogP contribution in [0.5, 0.6) is 5.75 Å². The molecule has 2 heterocycles. The number of carbonyl (C=O) groups excluding carboxylic acids is 1. The molecule has 0 bridgehead atoms. The monoisotopic (exact) mass is 413 g/mol. The minimum absolute atomic E-state index is 0.0739. The lowest BCUT2D eigenvalue weighted by molar-refractivity contribution is -0.120. The van der Waals surface area contributed by atoms with Gasteiger partial charge in [0.15, 0.2) is 5.82 Å². The second kappa shape index (κ2) is 9.26. The molecular formula is C24H23N5O2. The third-order valence-electron chi connectivity index (χ3n) is 5.46. The molecule has 1 aliphatic rings. The number of piperidine rings is 1. The molecule has 2 aromatic carbocycles. The molecular weight excluding hydrogens is 390 g/mol. The zero-order valence-corrected chi connectivity index (χ0v) is 17.3. The number of rotatable bonds is 5. The van der Waals surface area contributed by atoms with E-state index in [1.807, 2.05) is 42.5 Å². The van der Waals surface area contributed by atoms with Gasteiger partial charge >= 0.3 is 0 Å². The molecule has 1 amide bonds. The molecule has 0 aliphatic carbocycles. The molecule has 4 rings (SSSR count). The minimum atomic E-state index is -0.177. The molecule has 7 heteroatoms. The largest absolute Gasteiger partial charge is 0.497 e. The zero-order valence-electron chi connectivity index (χ0n) is 17.3. The predicted octanol–water partition coefficient (Wildman–Crippen LogP) is 3.88. The first-order valence-electron chi connectivity index (χ1n) is 10.2. The van der Waals surface area contributed by atoms with Gasteiger partial charge in [0.2, 0.25) is 5.91 Å². The minimum Gasteiger partial charge on any atom is -0.497 e. The Hall–Kier alpha value is -3.92. The molecule has 31 heavy (non-hydrogen) atoms. The van der Waals surface area contributed by atoms with Gasteiger partial charge in [-0.25, -0.2) is 0 Å². The molecule has 0 saturated carbocycles. The summed E-state index contributed by atoms with van der Waals surface area (Å²) in [4.78, 5) is 14.9. The maximum Gasteiger partial charge on any atom is 0.229 e. The van der Waals surface area contributed by atoms with Gasteiger partial charge in [-0.05, 0) is 61.4 Å². The summed E-state index contributed by atoms with van der Waals surface area (Å²) in [5.74, 6) is 1.30. The number of hydrogen-bond acceptors (Lipinski definition) is 6. The number of nitrogens with one attached hydrogen (secondary N) is 1. The fourth-order valence-electron chi connectivity index (χ4n) is 3.73. The van der Waals surface area contributed by atoms with Crippen molar-refractivity contribution in [2.75, 3.05) is 30.4 Å². The van der Waals surface area contributed by atoms with Crippen molar-refractivity contribution in [2.24, 2.45) is 5.92 Å². The van der Waals surface area contributed by atoms with Gasteiger partial charge < -0.3 is 15.0 Å². The molecule has 1 fully saturated rings. The van der Waals surface area contributed by atoms with Crippen molar-refractivity contribution in [1.82, 2.24) is 10.2 Å². The average molecular weight is 413 g/mol. The molecule has 7 nitrogen and oxygen atoms in total. The van der Waals surface area contributed by atoms with Crippen LogP contribution >= 0.6 is 0 Å². The van der Waals surface area contributed by atoms with Crippen LogP contribution in [0.3, 0.4) is 0 Å². The summed E-state index contributed by atoms with van der Waals surface area (Å²) in [6.07, 6.45) is 1.69. The molecule has 1 aromatic heterocycles. The van der Waals surface area contributed by atoms with Crippen molar-refractivity contribution in [3.8, 4) is 23.1 Å². The Bertz CT molecular complexity index is 1090. The van der Waals surface area contributed by atoms with Crippen molar-refractivity contribution in [2.45, 2.75) is 12.8 Å². The number of nitriles is 1. The van der Waals surface area contributed by atoms with Crippen molar-refractivity contribution in [1.29, 1.82) is 5.26 Å². The van der Waals surface area contributed by atoms with Crippen LogP contribution in [0.15, 0.2) is 60.7 Å². The fraction of sp³-hybridized carbons (Fsp3) is 0.250. The van der Waals surface area contributed by atoms with E-state index in [9.17, 15) is 10.1 Å². The highest BCUT2D eigenvalue weighted by Gasteiger charge is 2.27. The number of methoxy groups -OCH3 is 1. The molecule has 1 unspecified atom stereocenters. The zero-order chi connectivity index (χ0) is 21.6. The Morgan fingerprint density at radius 3 is 2.65 bits per heavy atom. The van der Waals surface area contributed by atoms with Crippen LogP contribution in [0, 0.1) is 17.2 Å². The van der Waals surface area contributed by atoms with Gasteiger partial charge in [0.1, 0.15) is 11.8 Å². The number of anilines is 2. The lowest BCUT2D eigenvalue weighted by atomic mass is 9.97. The second-order valence-corrected chi connectivity index (χ2v) is 7.44. The van der Waals surface area contributed by atoms with Crippen LogP contribution in [0.4, 0.5) is 11.5 Å². The lowest BCUT2D eigenvalue weighted by Gasteiger charge is -2.32. The summed E-state index contributed by atoms with van der Waals surface area (Å²) in [5, 5.41) is 20.9. The number of amides is 1. The van der Waals surface area contributed by atoms with E-state index in [-0.39, 0.29) is 11.8 Å². The summed E-state index contributed by atoms with van der Waals surface area (Å²) >= 11 is 0. The van der Waals surface area contributed by atoms with Crippen molar-refractivity contribution in [3.05, 3.63) is 66.2 Å². The van der Waals surface area contributed by atoms with Crippen LogP contribution in [-0.2, 0) is 4.79 Å². The van der Waals surface area contributed by atoms with Crippen LogP contribution in [0.2, 0.25) is 0 Å². The first-order valence-corrected chi connectivity index (χ1v) is 10.2. The van der Waals surface area contributed by atoms with E-state index in [0.717, 1.165) is 42.2 Å². The second-order valence-electron chi connectivity index (χ2n) is 7.44. The Morgan fingerprint density at radius 1 is 1.13 bits per heavy atom.